The van der Waals surface area contributed by atoms with Gasteiger partial charge in [0, 0.05) is 37.3 Å². The van der Waals surface area contributed by atoms with Crippen LogP contribution in [-0.2, 0) is 37.8 Å². The fourth-order valence-electron chi connectivity index (χ4n) is 7.29. The number of nitrogens with one attached hydrogen (secondary N) is 2. The van der Waals surface area contributed by atoms with E-state index in [0.717, 1.165) is 55.2 Å². The van der Waals surface area contributed by atoms with Crippen molar-refractivity contribution >= 4 is 57.1 Å². The van der Waals surface area contributed by atoms with Crippen molar-refractivity contribution in [2.45, 2.75) is 69.0 Å². The van der Waals surface area contributed by atoms with Gasteiger partial charge in [0.2, 0.25) is 11.4 Å². The van der Waals surface area contributed by atoms with Crippen LogP contribution in [0.5, 0.6) is 0 Å². The van der Waals surface area contributed by atoms with Crippen molar-refractivity contribution in [1.29, 1.82) is 0 Å². The molecular weight excluding hydrogens is 715 g/mol. The summed E-state index contributed by atoms with van der Waals surface area (Å²) in [5.74, 6) is -1.48. The van der Waals surface area contributed by atoms with Gasteiger partial charge in [-0.05, 0) is 104 Å². The number of aliphatic hydroxyl groups excluding tert-OH is 1. The number of esters is 1. The van der Waals surface area contributed by atoms with Crippen molar-refractivity contribution in [3.8, 4) is 0 Å². The summed E-state index contributed by atoms with van der Waals surface area (Å²) in [5, 5.41) is 29.3. The molecule has 0 saturated heterocycles. The molecule has 3 aromatic heterocycles. The molecule has 1 atom stereocenters. The highest BCUT2D eigenvalue weighted by atomic mass is 32.1. The van der Waals surface area contributed by atoms with Crippen LogP contribution in [0.3, 0.4) is 0 Å². The van der Waals surface area contributed by atoms with E-state index in [1.54, 1.807) is 22.8 Å². The van der Waals surface area contributed by atoms with E-state index in [-0.39, 0.29) is 29.8 Å². The topological polar surface area (TPSA) is 166 Å². The number of fused-ring (bicyclic) bond motifs is 2. The minimum Gasteiger partial charge on any atom is -0.460 e. The maximum Gasteiger partial charge on any atom is 0.349 e. The number of ether oxygens (including phenoxy) is 1. The van der Waals surface area contributed by atoms with E-state index < -0.39 is 23.6 Å². The molecule has 1 fully saturated rings. The van der Waals surface area contributed by atoms with Crippen molar-refractivity contribution in [2.24, 2.45) is 4.99 Å². The van der Waals surface area contributed by atoms with Crippen LogP contribution in [0.4, 0.5) is 0 Å². The molecule has 276 valence electrons. The first-order chi connectivity index (χ1) is 25.6. The van der Waals surface area contributed by atoms with E-state index in [2.05, 4.69) is 27.2 Å². The minimum atomic E-state index is -1.80. The van der Waals surface area contributed by atoms with Crippen LogP contribution in [0.2, 0.25) is 0 Å². The molecule has 14 heteroatoms. The van der Waals surface area contributed by atoms with Crippen LogP contribution in [-0.4, -0.2) is 86.4 Å². The molecule has 4 aromatic rings. The Morgan fingerprint density at radius 3 is 2.49 bits per heavy atom. The maximum atomic E-state index is 13.4. The van der Waals surface area contributed by atoms with Crippen molar-refractivity contribution < 1.29 is 29.3 Å². The SMILES string of the molecule is CN(CCCn1c(=O)[nH]c2cc(CNC[C@H](O)C3=C4C=CC(=O)N=C4C(=O)C=C3)ccc21)C1CCC(OC(=O)C(O)(c2cccs2)c2cccs2)CC1. The lowest BCUT2D eigenvalue weighted by Crippen LogP contribution is -2.42. The summed E-state index contributed by atoms with van der Waals surface area (Å²) in [4.78, 5) is 60.3. The fourth-order valence-corrected chi connectivity index (χ4v) is 9.00. The molecule has 0 unspecified atom stereocenters. The number of dihydropyridines is 1. The average molecular weight is 756 g/mol. The molecule has 7 rings (SSSR count). The van der Waals surface area contributed by atoms with Gasteiger partial charge in [-0.1, -0.05) is 24.3 Å². The Labute approximate surface area is 313 Å². The molecule has 53 heavy (non-hydrogen) atoms. The van der Waals surface area contributed by atoms with Gasteiger partial charge in [-0.15, -0.1) is 22.7 Å². The number of thiophene rings is 2. The van der Waals surface area contributed by atoms with Gasteiger partial charge in [0.1, 0.15) is 11.8 Å². The number of imidazole rings is 1. The highest BCUT2D eigenvalue weighted by molar-refractivity contribution is 7.12. The molecule has 1 aliphatic heterocycles. The largest absolute Gasteiger partial charge is 0.460 e. The first-order valence-electron chi connectivity index (χ1n) is 17.7. The van der Waals surface area contributed by atoms with E-state index in [1.165, 1.54) is 40.9 Å². The molecule has 0 bridgehead atoms. The molecule has 0 spiro atoms. The number of H-pyrrole nitrogens is 1. The third kappa shape index (κ3) is 7.74. The van der Waals surface area contributed by atoms with E-state index in [9.17, 15) is 29.4 Å². The number of aromatic amines is 1. The Hall–Kier alpha value is -4.57. The number of allylic oxidation sites excluding steroid dienone is 3. The fraction of sp³-hybridized carbons (Fsp3) is 0.359. The van der Waals surface area contributed by atoms with Crippen molar-refractivity contribution in [3.05, 3.63) is 114 Å². The molecule has 4 N–H and O–H groups in total. The summed E-state index contributed by atoms with van der Waals surface area (Å²) in [6.07, 6.45) is 8.45. The number of carbonyl (C=O) groups excluding carboxylic acids is 3. The van der Waals surface area contributed by atoms with E-state index in [0.29, 0.717) is 40.0 Å². The second-order valence-corrected chi connectivity index (χ2v) is 15.5. The number of nitrogens with zero attached hydrogens (tertiary/aromatic N) is 3. The third-order valence-corrected chi connectivity index (χ3v) is 12.1. The van der Waals surface area contributed by atoms with Crippen molar-refractivity contribution in [2.75, 3.05) is 20.1 Å². The highest BCUT2D eigenvalue weighted by Crippen LogP contribution is 2.38. The summed E-state index contributed by atoms with van der Waals surface area (Å²) in [7, 11) is 2.10. The average Bonchev–Trinajstić information content (AvgIpc) is 3.95. The van der Waals surface area contributed by atoms with Gasteiger partial charge in [0.05, 0.1) is 26.9 Å². The molecule has 0 radical (unpaired) electrons. The van der Waals surface area contributed by atoms with Gasteiger partial charge >= 0.3 is 11.7 Å². The van der Waals surface area contributed by atoms with Crippen LogP contribution in [0.25, 0.3) is 11.0 Å². The number of hydrogen-bond acceptors (Lipinski definition) is 11. The van der Waals surface area contributed by atoms with E-state index in [4.69, 9.17) is 4.74 Å². The second-order valence-electron chi connectivity index (χ2n) is 13.6. The zero-order chi connectivity index (χ0) is 37.1. The highest BCUT2D eigenvalue weighted by Gasteiger charge is 2.45. The Bertz CT molecular complexity index is 2140. The monoisotopic (exact) mass is 755 g/mol. The Morgan fingerprint density at radius 1 is 1.06 bits per heavy atom. The number of aliphatic hydroxyl groups is 2. The maximum absolute atomic E-state index is 13.4. The van der Waals surface area contributed by atoms with Gasteiger partial charge in [-0.3, -0.25) is 14.2 Å². The summed E-state index contributed by atoms with van der Waals surface area (Å²) < 4.78 is 7.68. The molecular formula is C39H41N5O7S2. The van der Waals surface area contributed by atoms with Crippen LogP contribution in [0.1, 0.15) is 47.4 Å². The van der Waals surface area contributed by atoms with Gasteiger partial charge in [0.25, 0.3) is 5.91 Å². The number of aliphatic imine (C=N–C) groups is 1. The number of benzene rings is 1. The zero-order valence-corrected chi connectivity index (χ0v) is 30.8. The molecule has 2 aliphatic carbocycles. The predicted octanol–water partition coefficient (Wildman–Crippen LogP) is 3.99. The standard InChI is InChI=1S/C39H41N5O7S2/c1-43(25-8-10-26(11-9-25)51-37(48)39(50,33-5-2-19-52-33)34-6-3-20-53-34)17-4-18-44-30-14-7-24(21-29(30)41-38(44)49)22-40-23-32(46)27-12-15-31(45)36-28(27)13-16-35(47)42-36/h2-3,5-7,12-16,19-21,25-26,32,40,46,50H,4,8-11,17-18,22-23H2,1H3,(H,41,49)/t25?,26?,32-/m0/s1. The Kier molecular flexibility index (Phi) is 11.0. The number of amides is 1. The van der Waals surface area contributed by atoms with Crippen molar-refractivity contribution in [3.63, 3.8) is 0 Å². The Morgan fingerprint density at radius 2 is 1.79 bits per heavy atom. The lowest BCUT2D eigenvalue weighted by molar-refractivity contribution is -0.169. The van der Waals surface area contributed by atoms with Gasteiger partial charge in [0.15, 0.2) is 0 Å². The lowest BCUT2D eigenvalue weighted by atomic mass is 9.89. The zero-order valence-electron chi connectivity index (χ0n) is 29.2. The summed E-state index contributed by atoms with van der Waals surface area (Å²) >= 11 is 2.67. The summed E-state index contributed by atoms with van der Waals surface area (Å²) in [6.45, 7) is 2.01. The summed E-state index contributed by atoms with van der Waals surface area (Å²) in [6, 6.07) is 13.3. The van der Waals surface area contributed by atoms with Crippen LogP contribution < -0.4 is 11.0 Å². The third-order valence-electron chi connectivity index (χ3n) is 10.2. The minimum absolute atomic E-state index is 0.0533. The van der Waals surface area contributed by atoms with Crippen LogP contribution in [0.15, 0.2) is 98.5 Å². The second kappa shape index (κ2) is 15.8. The van der Waals surface area contributed by atoms with Crippen LogP contribution >= 0.6 is 22.7 Å². The number of carbonyl (C=O) groups is 3. The number of rotatable bonds is 14. The number of aromatic nitrogens is 2. The molecule has 4 heterocycles. The van der Waals surface area contributed by atoms with E-state index in [1.807, 2.05) is 41.1 Å². The number of hydrogen-bond donors (Lipinski definition) is 4. The van der Waals surface area contributed by atoms with Crippen molar-refractivity contribution in [1.82, 2.24) is 19.8 Å². The Balaban J connectivity index is 0.876. The van der Waals surface area contributed by atoms with Gasteiger partial charge in [-0.2, -0.15) is 0 Å². The van der Waals surface area contributed by atoms with Gasteiger partial charge in [-0.25, -0.2) is 14.6 Å². The number of aryl methyl sites for hydroxylation is 1. The van der Waals surface area contributed by atoms with Gasteiger partial charge < -0.3 is 30.2 Å². The first-order valence-corrected chi connectivity index (χ1v) is 19.5. The quantitative estimate of drug-likeness (QED) is 0.110. The molecule has 3 aliphatic rings. The molecule has 1 saturated carbocycles. The van der Waals surface area contributed by atoms with Crippen LogP contribution in [0, 0.1) is 0 Å². The summed E-state index contributed by atoms with van der Waals surface area (Å²) in [5.41, 5.74) is 1.55. The molecule has 12 nitrogen and oxygen atoms in total. The molecule has 1 amide bonds. The number of ketones is 1. The first kappa shape index (κ1) is 36.8. The molecule has 1 aromatic carbocycles. The lowest BCUT2D eigenvalue weighted by Gasteiger charge is -2.35. The smallest absolute Gasteiger partial charge is 0.349 e. The van der Waals surface area contributed by atoms with E-state index >= 15 is 0 Å². The normalized spacial score (nSPS) is 19.6. The predicted molar refractivity (Wildman–Crippen MR) is 204 cm³/mol.